The number of hydrogen-bond donors (Lipinski definition) is 2. The Hall–Kier alpha value is -2.90. The number of benzene rings is 1. The van der Waals surface area contributed by atoms with Crippen LogP contribution in [0, 0.1) is 0 Å². The molecule has 1 aliphatic carbocycles. The van der Waals surface area contributed by atoms with Gasteiger partial charge in [0.05, 0.1) is 0 Å². The zero-order valence-corrected chi connectivity index (χ0v) is 17.8. The second-order valence-electron chi connectivity index (χ2n) is 9.13. The molecule has 0 radical (unpaired) electrons. The van der Waals surface area contributed by atoms with Gasteiger partial charge in [-0.15, -0.1) is 0 Å². The molecular formula is C22H29N5O3. The van der Waals surface area contributed by atoms with Crippen LogP contribution in [0.3, 0.4) is 0 Å². The van der Waals surface area contributed by atoms with E-state index in [1.54, 1.807) is 24.3 Å². The summed E-state index contributed by atoms with van der Waals surface area (Å²) in [6.45, 7) is 6.77. The summed E-state index contributed by atoms with van der Waals surface area (Å²) in [5.41, 5.74) is 0.516. The van der Waals surface area contributed by atoms with Crippen molar-refractivity contribution in [3.05, 3.63) is 41.5 Å². The SMILES string of the molecule is CC(C)(C)OC(=O)Nc1cccc(C(=O)N2CCC(c3nc(C4CC4)n[nH]3)CC2)c1. The van der Waals surface area contributed by atoms with Gasteiger partial charge in [0.25, 0.3) is 5.91 Å². The van der Waals surface area contributed by atoms with Crippen molar-refractivity contribution in [1.29, 1.82) is 0 Å². The van der Waals surface area contributed by atoms with Crippen LogP contribution in [0.5, 0.6) is 0 Å². The van der Waals surface area contributed by atoms with Crippen LogP contribution in [0.15, 0.2) is 24.3 Å². The molecule has 30 heavy (non-hydrogen) atoms. The van der Waals surface area contributed by atoms with E-state index in [-0.39, 0.29) is 5.91 Å². The minimum atomic E-state index is -0.579. The molecule has 1 saturated carbocycles. The number of aromatic amines is 1. The van der Waals surface area contributed by atoms with Crippen molar-refractivity contribution >= 4 is 17.7 Å². The molecule has 1 aromatic heterocycles. The Balaban J connectivity index is 1.34. The van der Waals surface area contributed by atoms with Gasteiger partial charge in [0.1, 0.15) is 11.4 Å². The average molecular weight is 412 g/mol. The number of hydrogen-bond acceptors (Lipinski definition) is 5. The number of amides is 2. The highest BCUT2D eigenvalue weighted by Crippen LogP contribution is 2.38. The molecule has 2 N–H and O–H groups in total. The molecule has 1 aromatic carbocycles. The van der Waals surface area contributed by atoms with E-state index >= 15 is 0 Å². The van der Waals surface area contributed by atoms with Crippen molar-refractivity contribution in [1.82, 2.24) is 20.1 Å². The maximum atomic E-state index is 13.0. The number of anilines is 1. The summed E-state index contributed by atoms with van der Waals surface area (Å²) < 4.78 is 5.27. The molecule has 8 nitrogen and oxygen atoms in total. The molecule has 4 rings (SSSR count). The van der Waals surface area contributed by atoms with E-state index in [0.717, 1.165) is 24.5 Å². The van der Waals surface area contributed by atoms with Crippen LogP contribution in [-0.2, 0) is 4.74 Å². The van der Waals surface area contributed by atoms with Crippen molar-refractivity contribution in [2.24, 2.45) is 0 Å². The number of nitrogens with one attached hydrogen (secondary N) is 2. The number of nitrogens with zero attached hydrogens (tertiary/aromatic N) is 3. The van der Waals surface area contributed by atoms with Gasteiger partial charge in [-0.1, -0.05) is 6.07 Å². The second kappa shape index (κ2) is 8.08. The molecule has 0 spiro atoms. The number of rotatable bonds is 4. The Morgan fingerprint density at radius 1 is 1.13 bits per heavy atom. The Morgan fingerprint density at radius 3 is 2.53 bits per heavy atom. The first-order valence-electron chi connectivity index (χ1n) is 10.6. The fourth-order valence-electron chi connectivity index (χ4n) is 3.68. The number of H-pyrrole nitrogens is 1. The fraction of sp³-hybridized carbons (Fsp3) is 0.545. The van der Waals surface area contributed by atoms with Gasteiger partial charge in [0, 0.05) is 36.2 Å². The lowest BCUT2D eigenvalue weighted by atomic mass is 9.95. The molecule has 0 unspecified atom stereocenters. The average Bonchev–Trinajstić information content (AvgIpc) is 3.43. The van der Waals surface area contributed by atoms with Gasteiger partial charge in [-0.3, -0.25) is 15.2 Å². The third-order valence-corrected chi connectivity index (χ3v) is 5.39. The van der Waals surface area contributed by atoms with Gasteiger partial charge in [0.15, 0.2) is 5.82 Å². The Kier molecular flexibility index (Phi) is 5.49. The molecule has 2 aromatic rings. The predicted molar refractivity (Wildman–Crippen MR) is 113 cm³/mol. The zero-order valence-electron chi connectivity index (χ0n) is 17.8. The smallest absolute Gasteiger partial charge is 0.412 e. The first-order valence-corrected chi connectivity index (χ1v) is 10.6. The number of carbonyl (C=O) groups excluding carboxylic acids is 2. The number of ether oxygens (including phenoxy) is 1. The van der Waals surface area contributed by atoms with Crippen LogP contribution in [-0.4, -0.2) is 50.8 Å². The Bertz CT molecular complexity index is 921. The molecule has 1 aliphatic heterocycles. The van der Waals surface area contributed by atoms with Gasteiger partial charge in [-0.05, 0) is 64.7 Å². The lowest BCUT2D eigenvalue weighted by Crippen LogP contribution is -2.38. The summed E-state index contributed by atoms with van der Waals surface area (Å²) in [5.74, 6) is 2.72. The molecule has 2 fully saturated rings. The van der Waals surface area contributed by atoms with Crippen molar-refractivity contribution in [2.75, 3.05) is 18.4 Å². The number of carbonyl (C=O) groups is 2. The number of likely N-dealkylation sites (tertiary alicyclic amines) is 1. The van der Waals surface area contributed by atoms with E-state index in [2.05, 4.69) is 20.5 Å². The van der Waals surface area contributed by atoms with Crippen LogP contribution in [0.2, 0.25) is 0 Å². The third-order valence-electron chi connectivity index (χ3n) is 5.39. The van der Waals surface area contributed by atoms with Crippen LogP contribution >= 0.6 is 0 Å². The van der Waals surface area contributed by atoms with Crippen molar-refractivity contribution < 1.29 is 14.3 Å². The lowest BCUT2D eigenvalue weighted by Gasteiger charge is -2.31. The van der Waals surface area contributed by atoms with E-state index in [4.69, 9.17) is 4.74 Å². The third kappa shape index (κ3) is 4.98. The topological polar surface area (TPSA) is 100 Å². The summed E-state index contributed by atoms with van der Waals surface area (Å²) >= 11 is 0. The Morgan fingerprint density at radius 2 is 1.87 bits per heavy atom. The first-order chi connectivity index (χ1) is 14.3. The van der Waals surface area contributed by atoms with Crippen molar-refractivity contribution in [3.8, 4) is 0 Å². The standard InChI is InChI=1S/C22H29N5O3/c1-22(2,3)30-21(29)23-17-6-4-5-16(13-17)20(28)27-11-9-15(10-12-27)19-24-18(25-26-19)14-7-8-14/h4-6,13-15H,7-12H2,1-3H3,(H,23,29)(H,24,25,26). The van der Waals surface area contributed by atoms with Gasteiger partial charge in [0.2, 0.25) is 0 Å². The second-order valence-corrected chi connectivity index (χ2v) is 9.13. The molecule has 2 amide bonds. The van der Waals surface area contributed by atoms with E-state index in [1.807, 2.05) is 25.7 Å². The van der Waals surface area contributed by atoms with Crippen LogP contribution in [0.25, 0.3) is 0 Å². The van der Waals surface area contributed by atoms with Crippen molar-refractivity contribution in [3.63, 3.8) is 0 Å². The molecule has 0 bridgehead atoms. The summed E-state index contributed by atoms with van der Waals surface area (Å²) in [6, 6.07) is 6.97. The molecule has 2 aliphatic rings. The van der Waals surface area contributed by atoms with E-state index < -0.39 is 11.7 Å². The van der Waals surface area contributed by atoms with Gasteiger partial charge >= 0.3 is 6.09 Å². The fourth-order valence-corrected chi connectivity index (χ4v) is 3.68. The molecule has 2 heterocycles. The lowest BCUT2D eigenvalue weighted by molar-refractivity contribution is 0.0634. The van der Waals surface area contributed by atoms with Crippen LogP contribution in [0.1, 0.15) is 80.3 Å². The normalized spacial score (nSPS) is 17.6. The highest BCUT2D eigenvalue weighted by atomic mass is 16.6. The maximum Gasteiger partial charge on any atom is 0.412 e. The number of piperidine rings is 1. The molecule has 0 atom stereocenters. The van der Waals surface area contributed by atoms with E-state index in [9.17, 15) is 9.59 Å². The first kappa shape index (κ1) is 20.4. The monoisotopic (exact) mass is 411 g/mol. The highest BCUT2D eigenvalue weighted by Gasteiger charge is 2.31. The van der Waals surface area contributed by atoms with Crippen LogP contribution in [0.4, 0.5) is 10.5 Å². The minimum Gasteiger partial charge on any atom is -0.444 e. The Labute approximate surface area is 176 Å². The molecule has 160 valence electrons. The quantitative estimate of drug-likeness (QED) is 0.791. The van der Waals surface area contributed by atoms with E-state index in [0.29, 0.717) is 36.2 Å². The maximum absolute atomic E-state index is 13.0. The van der Waals surface area contributed by atoms with Gasteiger partial charge in [-0.2, -0.15) is 5.10 Å². The van der Waals surface area contributed by atoms with E-state index in [1.165, 1.54) is 12.8 Å². The summed E-state index contributed by atoms with van der Waals surface area (Å²) in [6.07, 6.45) is 3.56. The summed E-state index contributed by atoms with van der Waals surface area (Å²) in [7, 11) is 0. The predicted octanol–water partition coefficient (Wildman–Crippen LogP) is 4.05. The van der Waals surface area contributed by atoms with Crippen LogP contribution < -0.4 is 5.32 Å². The summed E-state index contributed by atoms with van der Waals surface area (Å²) in [5, 5.41) is 10.1. The largest absolute Gasteiger partial charge is 0.444 e. The zero-order chi connectivity index (χ0) is 21.3. The molecular weight excluding hydrogens is 382 g/mol. The molecule has 1 saturated heterocycles. The molecule has 8 heteroatoms. The van der Waals surface area contributed by atoms with Gasteiger partial charge in [-0.25, -0.2) is 9.78 Å². The van der Waals surface area contributed by atoms with Crippen molar-refractivity contribution in [2.45, 2.75) is 63.9 Å². The summed E-state index contributed by atoms with van der Waals surface area (Å²) in [4.78, 5) is 31.5. The number of aromatic nitrogens is 3. The highest BCUT2D eigenvalue weighted by molar-refractivity contribution is 5.96. The van der Waals surface area contributed by atoms with Gasteiger partial charge < -0.3 is 9.64 Å². The minimum absolute atomic E-state index is 0.0301.